The molecule has 6 heteroatoms. The van der Waals surface area contributed by atoms with Crippen molar-refractivity contribution in [2.24, 2.45) is 0 Å². The predicted octanol–water partition coefficient (Wildman–Crippen LogP) is -2.32. The molecule has 0 radical (unpaired) electrons. The fourth-order valence-electron chi connectivity index (χ4n) is 1.58. The minimum Gasteiger partial charge on any atom is -0.549 e. The Bertz CT molecular complexity index is 220. The summed E-state index contributed by atoms with van der Waals surface area (Å²) in [5.74, 6) is -1.12. The fourth-order valence-corrected chi connectivity index (χ4v) is 2.42. The molecule has 0 saturated heterocycles. The standard InChI is InChI=1S/C9H15NO2S2.K/c11-8(12)6-14-9(13)10-7-4-2-1-3-5-7;/h7H,1-6H2,(H,10,13)(H,11,12);/q;+1/p-1. The van der Waals surface area contributed by atoms with Gasteiger partial charge in [-0.05, 0) is 12.8 Å². The van der Waals surface area contributed by atoms with Crippen molar-refractivity contribution in [3.8, 4) is 0 Å². The number of rotatable bonds is 3. The van der Waals surface area contributed by atoms with E-state index in [0.29, 0.717) is 10.4 Å². The van der Waals surface area contributed by atoms with Gasteiger partial charge in [0.25, 0.3) is 0 Å². The van der Waals surface area contributed by atoms with E-state index in [0.717, 1.165) is 24.6 Å². The summed E-state index contributed by atoms with van der Waals surface area (Å²) in [7, 11) is 0. The van der Waals surface area contributed by atoms with Crippen molar-refractivity contribution < 1.29 is 61.3 Å². The zero-order valence-electron chi connectivity index (χ0n) is 8.95. The number of thiocarbonyl (C=S) groups is 1. The molecule has 0 bridgehead atoms. The first kappa shape index (κ1) is 16.3. The molecule has 1 aliphatic rings. The largest absolute Gasteiger partial charge is 1.00 e. The Morgan fingerprint density at radius 2 is 2.00 bits per heavy atom. The molecule has 80 valence electrons. The van der Waals surface area contributed by atoms with Gasteiger partial charge in [-0.2, -0.15) is 0 Å². The monoisotopic (exact) mass is 271 g/mol. The van der Waals surface area contributed by atoms with Gasteiger partial charge in [0.2, 0.25) is 0 Å². The summed E-state index contributed by atoms with van der Waals surface area (Å²) in [6, 6.07) is 0.450. The number of carboxylic acid groups (broad SMARTS) is 1. The second kappa shape index (κ2) is 9.38. The van der Waals surface area contributed by atoms with Gasteiger partial charge in [0, 0.05) is 11.8 Å². The predicted molar refractivity (Wildman–Crippen MR) is 60.1 cm³/mol. The van der Waals surface area contributed by atoms with Crippen LogP contribution in [-0.4, -0.2) is 22.1 Å². The first-order valence-electron chi connectivity index (χ1n) is 4.81. The summed E-state index contributed by atoms with van der Waals surface area (Å²) in [4.78, 5) is 10.2. The van der Waals surface area contributed by atoms with E-state index in [1.807, 2.05) is 0 Å². The molecule has 0 spiro atoms. The molecule has 1 aliphatic carbocycles. The van der Waals surface area contributed by atoms with Crippen molar-refractivity contribution in [2.75, 3.05) is 5.75 Å². The molecule has 1 rings (SSSR count). The Labute approximate surface area is 143 Å². The van der Waals surface area contributed by atoms with Crippen molar-refractivity contribution in [3.05, 3.63) is 0 Å². The smallest absolute Gasteiger partial charge is 0.549 e. The second-order valence-corrected chi connectivity index (χ2v) is 5.08. The SMILES string of the molecule is O=C([O-])CSC(=S)NC1CCCCC1.[K+]. The number of carboxylic acids is 1. The van der Waals surface area contributed by atoms with Crippen LogP contribution in [0.25, 0.3) is 0 Å². The van der Waals surface area contributed by atoms with E-state index in [2.05, 4.69) is 5.32 Å². The van der Waals surface area contributed by atoms with Crippen molar-refractivity contribution in [2.45, 2.75) is 38.1 Å². The van der Waals surface area contributed by atoms with E-state index < -0.39 is 5.97 Å². The Hall–Kier alpha value is 1.35. The summed E-state index contributed by atoms with van der Waals surface area (Å²) in [6.45, 7) is 0. The number of hydrogen-bond acceptors (Lipinski definition) is 4. The first-order chi connectivity index (χ1) is 6.68. The maximum absolute atomic E-state index is 10.2. The topological polar surface area (TPSA) is 52.2 Å². The van der Waals surface area contributed by atoms with Crippen molar-refractivity contribution in [1.82, 2.24) is 5.32 Å². The van der Waals surface area contributed by atoms with Crippen LogP contribution < -0.4 is 61.8 Å². The molecule has 0 aliphatic heterocycles. The summed E-state index contributed by atoms with van der Waals surface area (Å²) < 4.78 is 0.584. The van der Waals surface area contributed by atoms with Crippen LogP contribution in [0.2, 0.25) is 0 Å². The molecule has 3 nitrogen and oxygen atoms in total. The molecule has 1 fully saturated rings. The third kappa shape index (κ3) is 8.12. The van der Waals surface area contributed by atoms with E-state index >= 15 is 0 Å². The maximum atomic E-state index is 10.2. The first-order valence-corrected chi connectivity index (χ1v) is 6.21. The van der Waals surface area contributed by atoms with Gasteiger partial charge in [-0.15, -0.1) is 0 Å². The zero-order chi connectivity index (χ0) is 10.4. The van der Waals surface area contributed by atoms with Crippen LogP contribution >= 0.6 is 24.0 Å². The van der Waals surface area contributed by atoms with E-state index in [-0.39, 0.29) is 57.1 Å². The summed E-state index contributed by atoms with van der Waals surface area (Å²) in [6.07, 6.45) is 6.08. The normalized spacial score (nSPS) is 16.5. The van der Waals surface area contributed by atoms with E-state index in [4.69, 9.17) is 12.2 Å². The molecule has 0 aromatic carbocycles. The van der Waals surface area contributed by atoms with Gasteiger partial charge >= 0.3 is 51.4 Å². The molecule has 1 N–H and O–H groups in total. The minimum atomic E-state index is -1.07. The Morgan fingerprint density at radius 1 is 1.40 bits per heavy atom. The minimum absolute atomic E-state index is 0. The fraction of sp³-hybridized carbons (Fsp3) is 0.778. The number of hydrogen-bond donors (Lipinski definition) is 1. The second-order valence-electron chi connectivity index (χ2n) is 3.43. The maximum Gasteiger partial charge on any atom is 1.00 e. The Morgan fingerprint density at radius 3 is 2.53 bits per heavy atom. The van der Waals surface area contributed by atoms with E-state index in [9.17, 15) is 9.90 Å². The number of carbonyl (C=O) groups excluding carboxylic acids is 1. The Kier molecular flexibility index (Phi) is 10.2. The summed E-state index contributed by atoms with van der Waals surface area (Å²) in [5.41, 5.74) is 0. The van der Waals surface area contributed by atoms with Crippen LogP contribution in [0, 0.1) is 0 Å². The molecule has 0 aromatic rings. The van der Waals surface area contributed by atoms with Crippen LogP contribution in [0.3, 0.4) is 0 Å². The molecule has 0 amide bonds. The average Bonchev–Trinajstić information content (AvgIpc) is 2.16. The van der Waals surface area contributed by atoms with Crippen LogP contribution in [0.5, 0.6) is 0 Å². The average molecular weight is 271 g/mol. The molecule has 0 atom stereocenters. The van der Waals surface area contributed by atoms with Gasteiger partial charge in [0.1, 0.15) is 4.32 Å². The third-order valence-corrected chi connectivity index (χ3v) is 3.48. The zero-order valence-corrected chi connectivity index (χ0v) is 13.7. The van der Waals surface area contributed by atoms with Gasteiger partial charge in [-0.1, -0.05) is 43.2 Å². The number of thioether (sulfide) groups is 1. The van der Waals surface area contributed by atoms with Crippen LogP contribution in [0.1, 0.15) is 32.1 Å². The van der Waals surface area contributed by atoms with Crippen LogP contribution in [0.15, 0.2) is 0 Å². The number of aliphatic carboxylic acids is 1. The number of nitrogens with one attached hydrogen (secondary N) is 1. The van der Waals surface area contributed by atoms with Gasteiger partial charge < -0.3 is 15.2 Å². The molecule has 0 aromatic heterocycles. The van der Waals surface area contributed by atoms with Gasteiger partial charge in [0.15, 0.2) is 0 Å². The van der Waals surface area contributed by atoms with Gasteiger partial charge in [0.05, 0.1) is 5.97 Å². The molecule has 1 saturated carbocycles. The molecule has 0 unspecified atom stereocenters. The Balaban J connectivity index is 0.00000196. The molecular formula is C9H14KNO2S2. The molecular weight excluding hydrogens is 257 g/mol. The van der Waals surface area contributed by atoms with Crippen molar-refractivity contribution in [1.29, 1.82) is 0 Å². The quantitative estimate of drug-likeness (QED) is 0.461. The third-order valence-electron chi connectivity index (χ3n) is 2.25. The van der Waals surface area contributed by atoms with Crippen LogP contribution in [-0.2, 0) is 4.79 Å². The van der Waals surface area contributed by atoms with E-state index in [1.165, 1.54) is 19.3 Å². The van der Waals surface area contributed by atoms with Gasteiger partial charge in [-0.3, -0.25) is 0 Å². The molecule has 0 heterocycles. The molecule has 15 heavy (non-hydrogen) atoms. The van der Waals surface area contributed by atoms with Crippen molar-refractivity contribution in [3.63, 3.8) is 0 Å². The van der Waals surface area contributed by atoms with Crippen LogP contribution in [0.4, 0.5) is 0 Å². The summed E-state index contributed by atoms with van der Waals surface area (Å²) >= 11 is 6.15. The van der Waals surface area contributed by atoms with E-state index in [1.54, 1.807) is 0 Å². The number of carbonyl (C=O) groups is 1. The van der Waals surface area contributed by atoms with Crippen molar-refractivity contribution >= 4 is 34.3 Å². The van der Waals surface area contributed by atoms with Gasteiger partial charge in [-0.25, -0.2) is 0 Å². The summed E-state index contributed by atoms with van der Waals surface area (Å²) in [5, 5.41) is 13.4.